The van der Waals surface area contributed by atoms with E-state index in [0.717, 1.165) is 32.5 Å². The molecule has 0 aromatic rings. The van der Waals surface area contributed by atoms with Gasteiger partial charge < -0.3 is 10.4 Å². The van der Waals surface area contributed by atoms with Gasteiger partial charge in [-0.1, -0.05) is 0 Å². The van der Waals surface area contributed by atoms with Crippen LogP contribution < -0.4 is 5.32 Å². The van der Waals surface area contributed by atoms with Gasteiger partial charge in [0.2, 0.25) is 0 Å². The predicted molar refractivity (Wildman–Crippen MR) is 79.4 cm³/mol. The Morgan fingerprint density at radius 2 is 2.05 bits per heavy atom. The number of likely N-dealkylation sites (N-methyl/N-ethyl adjacent to an activating group) is 2. The van der Waals surface area contributed by atoms with Crippen LogP contribution in [0.15, 0.2) is 0 Å². The van der Waals surface area contributed by atoms with Gasteiger partial charge >= 0.3 is 0 Å². The minimum absolute atomic E-state index is 0.0452. The molecule has 0 amide bonds. The molecule has 0 aromatic carbocycles. The van der Waals surface area contributed by atoms with Crippen molar-refractivity contribution in [2.45, 2.75) is 56.7 Å². The van der Waals surface area contributed by atoms with Gasteiger partial charge in [-0.25, -0.2) is 0 Å². The van der Waals surface area contributed by atoms with Crippen molar-refractivity contribution >= 4 is 0 Å². The Labute approximate surface area is 118 Å². The van der Waals surface area contributed by atoms with Gasteiger partial charge in [-0.3, -0.25) is 9.80 Å². The van der Waals surface area contributed by atoms with Crippen molar-refractivity contribution in [1.29, 1.82) is 0 Å². The Bertz CT molecular complexity index is 302. The van der Waals surface area contributed by atoms with Crippen molar-refractivity contribution < 1.29 is 5.11 Å². The molecule has 4 heteroatoms. The Morgan fingerprint density at radius 3 is 2.63 bits per heavy atom. The molecule has 112 valence electrons. The van der Waals surface area contributed by atoms with Crippen LogP contribution >= 0.6 is 0 Å². The highest BCUT2D eigenvalue weighted by molar-refractivity contribution is 4.98. The van der Waals surface area contributed by atoms with Gasteiger partial charge in [0.15, 0.2) is 0 Å². The van der Waals surface area contributed by atoms with E-state index in [4.69, 9.17) is 0 Å². The van der Waals surface area contributed by atoms with Crippen LogP contribution in [0.1, 0.15) is 39.5 Å². The van der Waals surface area contributed by atoms with E-state index in [0.29, 0.717) is 6.04 Å². The number of rotatable bonds is 3. The van der Waals surface area contributed by atoms with Crippen LogP contribution in [0.3, 0.4) is 0 Å². The lowest BCUT2D eigenvalue weighted by atomic mass is 9.78. The number of hydrogen-bond acceptors (Lipinski definition) is 4. The van der Waals surface area contributed by atoms with Gasteiger partial charge in [0.05, 0.1) is 6.61 Å². The molecule has 4 nitrogen and oxygen atoms in total. The molecule has 2 rings (SSSR count). The maximum atomic E-state index is 9.71. The van der Waals surface area contributed by atoms with Gasteiger partial charge in [0, 0.05) is 36.8 Å². The highest BCUT2D eigenvalue weighted by Crippen LogP contribution is 2.33. The topological polar surface area (TPSA) is 38.7 Å². The second-order valence-corrected chi connectivity index (χ2v) is 7.14. The summed E-state index contributed by atoms with van der Waals surface area (Å²) in [6.07, 6.45) is 4.69. The van der Waals surface area contributed by atoms with E-state index in [2.05, 4.69) is 36.0 Å². The molecule has 2 N–H and O–H groups in total. The standard InChI is InChI=1S/C15H31N3O/c1-14(2)11-18(9-8-17(14)4)13-6-5-7-15(10-13,12-19)16-3/h13,16,19H,5-12H2,1-4H3. The minimum Gasteiger partial charge on any atom is -0.394 e. The van der Waals surface area contributed by atoms with Crippen LogP contribution in [0.5, 0.6) is 0 Å². The SMILES string of the molecule is CNC1(CO)CCCC(N2CCN(C)C(C)(C)C2)C1. The van der Waals surface area contributed by atoms with E-state index in [1.807, 2.05) is 7.05 Å². The van der Waals surface area contributed by atoms with E-state index in [1.165, 1.54) is 12.8 Å². The Hall–Kier alpha value is -0.160. The van der Waals surface area contributed by atoms with Crippen LogP contribution in [-0.2, 0) is 0 Å². The average molecular weight is 269 g/mol. The van der Waals surface area contributed by atoms with E-state index in [1.54, 1.807) is 0 Å². The molecule has 19 heavy (non-hydrogen) atoms. The summed E-state index contributed by atoms with van der Waals surface area (Å²) in [5.41, 5.74) is 0.216. The summed E-state index contributed by atoms with van der Waals surface area (Å²) >= 11 is 0. The summed E-state index contributed by atoms with van der Waals surface area (Å²) in [4.78, 5) is 5.12. The minimum atomic E-state index is -0.0452. The van der Waals surface area contributed by atoms with Crippen LogP contribution in [0.4, 0.5) is 0 Å². The number of piperazine rings is 1. The number of aliphatic hydroxyl groups is 1. The highest BCUT2D eigenvalue weighted by Gasteiger charge is 2.40. The lowest BCUT2D eigenvalue weighted by Crippen LogP contribution is -2.62. The smallest absolute Gasteiger partial charge is 0.0613 e. The fourth-order valence-electron chi connectivity index (χ4n) is 3.68. The second kappa shape index (κ2) is 5.68. The summed E-state index contributed by atoms with van der Waals surface area (Å²) in [5, 5.41) is 13.1. The zero-order chi connectivity index (χ0) is 14.1. The summed E-state index contributed by atoms with van der Waals surface area (Å²) < 4.78 is 0. The van der Waals surface area contributed by atoms with E-state index in [9.17, 15) is 5.11 Å². The Morgan fingerprint density at radius 1 is 1.32 bits per heavy atom. The quantitative estimate of drug-likeness (QED) is 0.799. The van der Waals surface area contributed by atoms with Gasteiger partial charge in [0.1, 0.15) is 0 Å². The molecular formula is C15H31N3O. The molecule has 1 heterocycles. The summed E-state index contributed by atoms with van der Waals surface area (Å²) in [5.74, 6) is 0. The first kappa shape index (κ1) is 15.2. The molecule has 0 aromatic heterocycles. The fourth-order valence-corrected chi connectivity index (χ4v) is 3.68. The third-order valence-corrected chi connectivity index (χ3v) is 5.51. The summed E-state index contributed by atoms with van der Waals surface area (Å²) in [6, 6.07) is 0.626. The van der Waals surface area contributed by atoms with Crippen LogP contribution in [0, 0.1) is 0 Å². The summed E-state index contributed by atoms with van der Waals surface area (Å²) in [6.45, 7) is 8.38. The van der Waals surface area contributed by atoms with Gasteiger partial charge in [0.25, 0.3) is 0 Å². The maximum Gasteiger partial charge on any atom is 0.0613 e. The zero-order valence-corrected chi connectivity index (χ0v) is 13.1. The van der Waals surface area contributed by atoms with Crippen LogP contribution in [0.25, 0.3) is 0 Å². The predicted octanol–water partition coefficient (Wildman–Crippen LogP) is 0.905. The monoisotopic (exact) mass is 269 g/mol. The van der Waals surface area contributed by atoms with Gasteiger partial charge in [-0.15, -0.1) is 0 Å². The lowest BCUT2D eigenvalue weighted by Gasteiger charge is -2.51. The molecule has 1 aliphatic carbocycles. The number of hydrogen-bond donors (Lipinski definition) is 2. The number of nitrogens with one attached hydrogen (secondary N) is 1. The molecule has 1 saturated heterocycles. The van der Waals surface area contributed by atoms with Gasteiger partial charge in [-0.2, -0.15) is 0 Å². The normalized spacial score (nSPS) is 37.4. The van der Waals surface area contributed by atoms with Crippen LogP contribution in [0.2, 0.25) is 0 Å². The first-order valence-corrected chi connectivity index (χ1v) is 7.67. The molecular weight excluding hydrogens is 238 g/mol. The third kappa shape index (κ3) is 3.13. The maximum absolute atomic E-state index is 9.71. The Kier molecular flexibility index (Phi) is 4.56. The Balaban J connectivity index is 2.02. The summed E-state index contributed by atoms with van der Waals surface area (Å²) in [7, 11) is 4.22. The zero-order valence-electron chi connectivity index (χ0n) is 13.1. The largest absolute Gasteiger partial charge is 0.394 e. The average Bonchev–Trinajstić information content (AvgIpc) is 2.42. The van der Waals surface area contributed by atoms with E-state index in [-0.39, 0.29) is 17.7 Å². The van der Waals surface area contributed by atoms with E-state index < -0.39 is 0 Å². The molecule has 2 fully saturated rings. The fraction of sp³-hybridized carbons (Fsp3) is 1.00. The molecule has 0 bridgehead atoms. The second-order valence-electron chi connectivity index (χ2n) is 7.14. The van der Waals surface area contributed by atoms with Crippen molar-refractivity contribution in [3.05, 3.63) is 0 Å². The molecule has 2 aliphatic rings. The molecule has 2 unspecified atom stereocenters. The number of nitrogens with zero attached hydrogens (tertiary/aromatic N) is 2. The number of aliphatic hydroxyl groups excluding tert-OH is 1. The van der Waals surface area contributed by atoms with Crippen molar-refractivity contribution in [2.24, 2.45) is 0 Å². The first-order valence-electron chi connectivity index (χ1n) is 7.67. The molecule has 1 saturated carbocycles. The van der Waals surface area contributed by atoms with Crippen LogP contribution in [-0.4, -0.2) is 72.4 Å². The van der Waals surface area contributed by atoms with Crippen molar-refractivity contribution in [3.63, 3.8) is 0 Å². The van der Waals surface area contributed by atoms with Crippen molar-refractivity contribution in [3.8, 4) is 0 Å². The van der Waals surface area contributed by atoms with E-state index >= 15 is 0 Å². The highest BCUT2D eigenvalue weighted by atomic mass is 16.3. The first-order chi connectivity index (χ1) is 8.92. The third-order valence-electron chi connectivity index (χ3n) is 5.51. The molecule has 1 aliphatic heterocycles. The lowest BCUT2D eigenvalue weighted by molar-refractivity contribution is -0.0107. The molecule has 2 atom stereocenters. The van der Waals surface area contributed by atoms with Crippen molar-refractivity contribution in [2.75, 3.05) is 40.3 Å². The molecule has 0 spiro atoms. The van der Waals surface area contributed by atoms with Crippen molar-refractivity contribution in [1.82, 2.24) is 15.1 Å². The van der Waals surface area contributed by atoms with Gasteiger partial charge in [-0.05, 0) is 53.6 Å². The molecule has 0 radical (unpaired) electrons.